The van der Waals surface area contributed by atoms with Crippen molar-refractivity contribution in [1.82, 2.24) is 24.2 Å². The van der Waals surface area contributed by atoms with Crippen molar-refractivity contribution in [1.29, 1.82) is 0 Å². The summed E-state index contributed by atoms with van der Waals surface area (Å²) in [7, 11) is 0. The van der Waals surface area contributed by atoms with Gasteiger partial charge < -0.3 is 4.90 Å². The zero-order valence-corrected chi connectivity index (χ0v) is 15.9. The number of para-hydroxylation sites is 1. The maximum atomic E-state index is 13.1. The first kappa shape index (κ1) is 17.2. The van der Waals surface area contributed by atoms with E-state index in [0.29, 0.717) is 31.3 Å². The van der Waals surface area contributed by atoms with Crippen LogP contribution >= 0.6 is 0 Å². The van der Waals surface area contributed by atoms with E-state index in [1.54, 1.807) is 10.8 Å². The summed E-state index contributed by atoms with van der Waals surface area (Å²) in [5.41, 5.74) is 1.80. The molecule has 144 valence electrons. The van der Waals surface area contributed by atoms with E-state index in [9.17, 15) is 9.59 Å². The number of benzene rings is 1. The second-order valence-corrected chi connectivity index (χ2v) is 7.80. The number of nitrogens with zero attached hydrogens (tertiary/aromatic N) is 5. The number of hydrogen-bond donors (Lipinski definition) is 0. The van der Waals surface area contributed by atoms with Gasteiger partial charge in [-0.05, 0) is 38.0 Å². The topological polar surface area (TPSA) is 73.0 Å². The number of amides is 1. The van der Waals surface area contributed by atoms with Crippen molar-refractivity contribution in [2.75, 3.05) is 0 Å². The van der Waals surface area contributed by atoms with Gasteiger partial charge in [-0.1, -0.05) is 12.1 Å². The number of fused-ring (bicyclic) bond motifs is 4. The Bertz CT molecular complexity index is 1120. The quantitative estimate of drug-likeness (QED) is 0.699. The van der Waals surface area contributed by atoms with Crippen LogP contribution in [-0.2, 0) is 24.3 Å². The summed E-state index contributed by atoms with van der Waals surface area (Å²) in [4.78, 5) is 32.9. The summed E-state index contributed by atoms with van der Waals surface area (Å²) < 4.78 is 3.66. The lowest BCUT2D eigenvalue weighted by molar-refractivity contribution is -0.134. The highest BCUT2D eigenvalue weighted by molar-refractivity contribution is 5.78. The molecule has 1 aromatic carbocycles. The average Bonchev–Trinajstić information content (AvgIpc) is 3.23. The third-order valence-corrected chi connectivity index (χ3v) is 6.13. The van der Waals surface area contributed by atoms with Gasteiger partial charge in [-0.2, -0.15) is 5.10 Å². The second kappa shape index (κ2) is 6.58. The molecule has 2 aromatic heterocycles. The monoisotopic (exact) mass is 377 g/mol. The molecule has 0 radical (unpaired) electrons. The molecule has 0 unspecified atom stereocenters. The van der Waals surface area contributed by atoms with Gasteiger partial charge >= 0.3 is 0 Å². The van der Waals surface area contributed by atoms with Crippen LogP contribution in [0.5, 0.6) is 0 Å². The van der Waals surface area contributed by atoms with Gasteiger partial charge in [0, 0.05) is 43.9 Å². The van der Waals surface area contributed by atoms with Crippen LogP contribution in [0.2, 0.25) is 0 Å². The lowest BCUT2D eigenvalue weighted by atomic mass is 10.1. The van der Waals surface area contributed by atoms with Crippen LogP contribution in [0.25, 0.3) is 10.9 Å². The molecule has 1 fully saturated rings. The first-order valence-corrected chi connectivity index (χ1v) is 9.90. The van der Waals surface area contributed by atoms with Crippen LogP contribution in [-0.4, -0.2) is 42.2 Å². The maximum absolute atomic E-state index is 13.1. The molecule has 28 heavy (non-hydrogen) atoms. The Morgan fingerprint density at radius 3 is 2.82 bits per heavy atom. The molecular formula is C21H23N5O2. The highest BCUT2D eigenvalue weighted by atomic mass is 16.2. The number of carbonyl (C=O) groups is 1. The highest BCUT2D eigenvalue weighted by Gasteiger charge is 2.40. The fraction of sp³-hybridized carbons (Fsp3) is 0.429. The van der Waals surface area contributed by atoms with E-state index >= 15 is 0 Å². The third-order valence-electron chi connectivity index (χ3n) is 6.13. The van der Waals surface area contributed by atoms with E-state index in [1.807, 2.05) is 46.8 Å². The van der Waals surface area contributed by atoms with Crippen LogP contribution in [0.4, 0.5) is 0 Å². The molecular weight excluding hydrogens is 354 g/mol. The maximum Gasteiger partial charge on any atom is 0.261 e. The number of carbonyl (C=O) groups excluding carboxylic acids is 1. The summed E-state index contributed by atoms with van der Waals surface area (Å²) in [6, 6.07) is 9.62. The Balaban J connectivity index is 1.43. The van der Waals surface area contributed by atoms with Crippen molar-refractivity contribution in [3.63, 3.8) is 0 Å². The Morgan fingerprint density at radius 1 is 1.18 bits per heavy atom. The molecule has 1 saturated heterocycles. The molecule has 0 N–H and O–H groups in total. The molecule has 5 rings (SSSR count). The first-order valence-electron chi connectivity index (χ1n) is 9.90. The van der Waals surface area contributed by atoms with Gasteiger partial charge in [0.05, 0.1) is 16.9 Å². The van der Waals surface area contributed by atoms with Crippen LogP contribution in [0, 0.1) is 6.92 Å². The highest BCUT2D eigenvalue weighted by Crippen LogP contribution is 2.31. The lowest BCUT2D eigenvalue weighted by Crippen LogP contribution is -2.42. The van der Waals surface area contributed by atoms with E-state index in [2.05, 4.69) is 5.10 Å². The fourth-order valence-electron chi connectivity index (χ4n) is 4.69. The van der Waals surface area contributed by atoms with Crippen molar-refractivity contribution in [3.8, 4) is 0 Å². The Kier molecular flexibility index (Phi) is 4.03. The van der Waals surface area contributed by atoms with Crippen LogP contribution in [0.15, 0.2) is 41.3 Å². The SMILES string of the molecule is Cc1ccnn1CCC(=O)N1[C@@H]2CC[C@H]1Cn1c(nc3ccccc3c1=O)C2. The van der Waals surface area contributed by atoms with Crippen LogP contribution in [0.3, 0.4) is 0 Å². The van der Waals surface area contributed by atoms with Gasteiger partial charge in [-0.25, -0.2) is 4.98 Å². The summed E-state index contributed by atoms with van der Waals surface area (Å²) >= 11 is 0. The summed E-state index contributed by atoms with van der Waals surface area (Å²) in [6.45, 7) is 3.12. The standard InChI is InChI=1S/C21H23N5O2/c1-14-8-10-22-25(14)11-9-20(27)26-15-6-7-16(26)13-24-19(12-15)23-18-5-3-2-4-17(18)21(24)28/h2-5,8,10,15-16H,6-7,9,11-13H2,1H3/t15-,16+/m1/s1. The average molecular weight is 377 g/mol. The predicted octanol–water partition coefficient (Wildman–Crippen LogP) is 1.91. The molecule has 2 aliphatic heterocycles. The second-order valence-electron chi connectivity index (χ2n) is 7.80. The van der Waals surface area contributed by atoms with E-state index in [0.717, 1.165) is 29.9 Å². The van der Waals surface area contributed by atoms with Crippen molar-refractivity contribution in [2.24, 2.45) is 0 Å². The third kappa shape index (κ3) is 2.73. The normalized spacial score (nSPS) is 21.0. The van der Waals surface area contributed by atoms with Gasteiger partial charge in [-0.15, -0.1) is 0 Å². The number of rotatable bonds is 3. The van der Waals surface area contributed by atoms with Crippen molar-refractivity contribution in [3.05, 3.63) is 58.4 Å². The molecule has 0 saturated carbocycles. The molecule has 1 amide bonds. The predicted molar refractivity (Wildman–Crippen MR) is 105 cm³/mol. The van der Waals surface area contributed by atoms with Crippen LogP contribution < -0.4 is 5.56 Å². The molecule has 7 heteroatoms. The minimum absolute atomic E-state index is 0.00714. The van der Waals surface area contributed by atoms with E-state index in [-0.39, 0.29) is 23.6 Å². The lowest BCUT2D eigenvalue weighted by Gasteiger charge is -2.28. The molecule has 0 spiro atoms. The smallest absolute Gasteiger partial charge is 0.261 e. The molecule has 2 aliphatic rings. The van der Waals surface area contributed by atoms with Gasteiger partial charge in [-0.3, -0.25) is 18.8 Å². The number of hydrogen-bond acceptors (Lipinski definition) is 4. The number of aromatic nitrogens is 4. The molecule has 2 atom stereocenters. The minimum atomic E-state index is 0.00714. The van der Waals surface area contributed by atoms with E-state index in [4.69, 9.17) is 4.98 Å². The van der Waals surface area contributed by atoms with Crippen molar-refractivity contribution < 1.29 is 4.79 Å². The summed E-state index contributed by atoms with van der Waals surface area (Å²) in [5.74, 6) is 0.949. The van der Waals surface area contributed by atoms with Crippen molar-refractivity contribution >= 4 is 16.8 Å². The Hall–Kier alpha value is -2.96. The summed E-state index contributed by atoms with van der Waals surface area (Å²) in [5, 5.41) is 4.92. The zero-order valence-electron chi connectivity index (χ0n) is 15.9. The zero-order chi connectivity index (χ0) is 19.3. The van der Waals surface area contributed by atoms with Crippen molar-refractivity contribution in [2.45, 2.75) is 57.8 Å². The Morgan fingerprint density at radius 2 is 2.00 bits per heavy atom. The fourth-order valence-corrected chi connectivity index (χ4v) is 4.69. The van der Waals surface area contributed by atoms with Gasteiger partial charge in [0.1, 0.15) is 5.82 Å². The molecule has 2 bridgehead atoms. The van der Waals surface area contributed by atoms with E-state index < -0.39 is 0 Å². The van der Waals surface area contributed by atoms with E-state index in [1.165, 1.54) is 0 Å². The number of aryl methyl sites for hydroxylation is 2. The van der Waals surface area contributed by atoms with Gasteiger partial charge in [0.15, 0.2) is 0 Å². The Labute approximate surface area is 162 Å². The first-order chi connectivity index (χ1) is 13.6. The molecule has 3 aromatic rings. The van der Waals surface area contributed by atoms with Crippen LogP contribution in [0.1, 0.15) is 30.8 Å². The molecule has 0 aliphatic carbocycles. The van der Waals surface area contributed by atoms with Gasteiger partial charge in [0.25, 0.3) is 5.56 Å². The molecule has 7 nitrogen and oxygen atoms in total. The van der Waals surface area contributed by atoms with Gasteiger partial charge in [0.2, 0.25) is 5.91 Å². The summed E-state index contributed by atoms with van der Waals surface area (Å²) in [6.07, 6.45) is 4.74. The largest absolute Gasteiger partial charge is 0.334 e. The minimum Gasteiger partial charge on any atom is -0.334 e. The molecule has 4 heterocycles.